The van der Waals surface area contributed by atoms with Crippen LogP contribution >= 0.6 is 23.1 Å². The fourth-order valence-corrected chi connectivity index (χ4v) is 4.27. The van der Waals surface area contributed by atoms with Gasteiger partial charge < -0.3 is 5.32 Å². The molecule has 0 unspecified atom stereocenters. The van der Waals surface area contributed by atoms with Gasteiger partial charge in [-0.2, -0.15) is 11.8 Å². The van der Waals surface area contributed by atoms with Crippen molar-refractivity contribution >= 4 is 23.1 Å². The Labute approximate surface area is 135 Å². The molecule has 1 aliphatic carbocycles. The number of hydrogen-bond donors (Lipinski definition) is 1. The van der Waals surface area contributed by atoms with Gasteiger partial charge in [-0.1, -0.05) is 37.3 Å². The average molecular weight is 319 g/mol. The first-order valence-corrected chi connectivity index (χ1v) is 9.69. The smallest absolute Gasteiger partial charge is 0.103 e. The number of thioether (sulfide) groups is 1. The first-order valence-electron chi connectivity index (χ1n) is 7.72. The van der Waals surface area contributed by atoms with E-state index in [-0.39, 0.29) is 0 Å². The summed E-state index contributed by atoms with van der Waals surface area (Å²) in [5.41, 5.74) is 2.53. The van der Waals surface area contributed by atoms with E-state index in [4.69, 9.17) is 4.98 Å². The Morgan fingerprint density at radius 3 is 2.81 bits per heavy atom. The SMILES string of the molecule is CCCSCc1nc(CNC2CC2)c(-c2ccccc2)s1. The van der Waals surface area contributed by atoms with Gasteiger partial charge in [-0.05, 0) is 30.6 Å². The predicted molar refractivity (Wildman–Crippen MR) is 93.9 cm³/mol. The summed E-state index contributed by atoms with van der Waals surface area (Å²) in [6, 6.07) is 11.4. The minimum Gasteiger partial charge on any atom is -0.308 e. The van der Waals surface area contributed by atoms with Gasteiger partial charge >= 0.3 is 0 Å². The maximum atomic E-state index is 4.89. The van der Waals surface area contributed by atoms with Gasteiger partial charge in [0.2, 0.25) is 0 Å². The van der Waals surface area contributed by atoms with Crippen LogP contribution in [0.2, 0.25) is 0 Å². The number of aromatic nitrogens is 1. The Morgan fingerprint density at radius 2 is 2.10 bits per heavy atom. The van der Waals surface area contributed by atoms with E-state index in [0.717, 1.165) is 18.3 Å². The zero-order valence-corrected chi connectivity index (χ0v) is 14.1. The van der Waals surface area contributed by atoms with Crippen LogP contribution in [0.3, 0.4) is 0 Å². The topological polar surface area (TPSA) is 24.9 Å². The first kappa shape index (κ1) is 15.1. The van der Waals surface area contributed by atoms with Crippen molar-refractivity contribution in [3.05, 3.63) is 41.0 Å². The molecule has 112 valence electrons. The summed E-state index contributed by atoms with van der Waals surface area (Å²) in [5.74, 6) is 2.26. The summed E-state index contributed by atoms with van der Waals surface area (Å²) in [7, 11) is 0. The van der Waals surface area contributed by atoms with Crippen LogP contribution in [-0.4, -0.2) is 16.8 Å². The van der Waals surface area contributed by atoms with Crippen molar-refractivity contribution < 1.29 is 0 Å². The van der Waals surface area contributed by atoms with Crippen molar-refractivity contribution in [3.8, 4) is 10.4 Å². The molecule has 2 aromatic rings. The lowest BCUT2D eigenvalue weighted by molar-refractivity contribution is 0.677. The maximum absolute atomic E-state index is 4.89. The minimum absolute atomic E-state index is 0.730. The van der Waals surface area contributed by atoms with Gasteiger partial charge in [0.1, 0.15) is 5.01 Å². The molecule has 1 aromatic heterocycles. The number of nitrogens with one attached hydrogen (secondary N) is 1. The van der Waals surface area contributed by atoms with E-state index in [1.165, 1.54) is 46.2 Å². The standard InChI is InChI=1S/C17H22N2S2/c1-2-10-20-12-16-19-15(11-18-14-8-9-14)17(21-16)13-6-4-3-5-7-13/h3-7,14,18H,2,8-12H2,1H3. The van der Waals surface area contributed by atoms with Crippen molar-refractivity contribution in [1.29, 1.82) is 0 Å². The second-order valence-corrected chi connectivity index (χ2v) is 7.65. The lowest BCUT2D eigenvalue weighted by atomic mass is 10.1. The number of rotatable bonds is 8. The molecule has 1 aromatic carbocycles. The van der Waals surface area contributed by atoms with Gasteiger partial charge in [0.25, 0.3) is 0 Å². The number of benzene rings is 1. The van der Waals surface area contributed by atoms with Crippen molar-refractivity contribution in [2.75, 3.05) is 5.75 Å². The highest BCUT2D eigenvalue weighted by Gasteiger charge is 2.22. The van der Waals surface area contributed by atoms with Crippen LogP contribution in [0.5, 0.6) is 0 Å². The van der Waals surface area contributed by atoms with Crippen LogP contribution in [0, 0.1) is 0 Å². The van der Waals surface area contributed by atoms with Crippen molar-refractivity contribution in [3.63, 3.8) is 0 Å². The molecule has 0 saturated heterocycles. The van der Waals surface area contributed by atoms with E-state index in [1.807, 2.05) is 23.1 Å². The summed E-state index contributed by atoms with van der Waals surface area (Å²) in [6.07, 6.45) is 3.88. The quantitative estimate of drug-likeness (QED) is 0.714. The van der Waals surface area contributed by atoms with E-state index in [2.05, 4.69) is 42.6 Å². The Bertz CT molecular complexity index is 561. The lowest BCUT2D eigenvalue weighted by Gasteiger charge is -2.03. The average Bonchev–Trinajstić information content (AvgIpc) is 3.26. The third kappa shape index (κ3) is 4.31. The Hall–Kier alpha value is -0.840. The molecule has 3 rings (SSSR count). The molecule has 21 heavy (non-hydrogen) atoms. The van der Waals surface area contributed by atoms with E-state index in [1.54, 1.807) is 0 Å². The molecule has 2 nitrogen and oxygen atoms in total. The molecule has 0 atom stereocenters. The molecule has 1 aliphatic rings. The highest BCUT2D eigenvalue weighted by molar-refractivity contribution is 7.98. The Morgan fingerprint density at radius 1 is 1.29 bits per heavy atom. The van der Waals surface area contributed by atoms with Gasteiger partial charge in [-0.3, -0.25) is 0 Å². The maximum Gasteiger partial charge on any atom is 0.103 e. The second kappa shape index (κ2) is 7.43. The van der Waals surface area contributed by atoms with Crippen LogP contribution in [0.1, 0.15) is 36.9 Å². The summed E-state index contributed by atoms with van der Waals surface area (Å²) in [6.45, 7) is 3.14. The predicted octanol–water partition coefficient (Wildman–Crippen LogP) is 4.71. The molecular weight excluding hydrogens is 296 g/mol. The monoisotopic (exact) mass is 318 g/mol. The molecule has 0 amide bonds. The van der Waals surface area contributed by atoms with E-state index in [9.17, 15) is 0 Å². The number of nitrogens with zero attached hydrogens (tertiary/aromatic N) is 1. The number of thiazole rings is 1. The van der Waals surface area contributed by atoms with Gasteiger partial charge in [-0.15, -0.1) is 11.3 Å². The summed E-state index contributed by atoms with van der Waals surface area (Å²) in [4.78, 5) is 6.24. The van der Waals surface area contributed by atoms with Crippen LogP contribution < -0.4 is 5.32 Å². The number of hydrogen-bond acceptors (Lipinski definition) is 4. The van der Waals surface area contributed by atoms with E-state index >= 15 is 0 Å². The van der Waals surface area contributed by atoms with E-state index < -0.39 is 0 Å². The summed E-state index contributed by atoms with van der Waals surface area (Å²) < 4.78 is 0. The fraction of sp³-hybridized carbons (Fsp3) is 0.471. The van der Waals surface area contributed by atoms with Crippen LogP contribution in [-0.2, 0) is 12.3 Å². The van der Waals surface area contributed by atoms with Crippen LogP contribution in [0.25, 0.3) is 10.4 Å². The molecule has 0 radical (unpaired) electrons. The molecular formula is C17H22N2S2. The summed E-state index contributed by atoms with van der Waals surface area (Å²) in [5, 5.41) is 4.86. The molecule has 1 heterocycles. The second-order valence-electron chi connectivity index (χ2n) is 5.46. The lowest BCUT2D eigenvalue weighted by Crippen LogP contribution is -2.16. The molecule has 4 heteroatoms. The van der Waals surface area contributed by atoms with Crippen LogP contribution in [0.15, 0.2) is 30.3 Å². The molecule has 1 N–H and O–H groups in total. The Balaban J connectivity index is 1.77. The van der Waals surface area contributed by atoms with Gasteiger partial charge in [0, 0.05) is 18.3 Å². The zero-order chi connectivity index (χ0) is 14.5. The van der Waals surface area contributed by atoms with E-state index in [0.29, 0.717) is 0 Å². The highest BCUT2D eigenvalue weighted by atomic mass is 32.2. The van der Waals surface area contributed by atoms with Gasteiger partial charge in [0.15, 0.2) is 0 Å². The Kier molecular flexibility index (Phi) is 5.33. The summed E-state index contributed by atoms with van der Waals surface area (Å²) >= 11 is 3.85. The van der Waals surface area contributed by atoms with Gasteiger partial charge in [0.05, 0.1) is 10.6 Å². The molecule has 0 bridgehead atoms. The zero-order valence-electron chi connectivity index (χ0n) is 12.5. The molecule has 1 fully saturated rings. The molecule has 0 spiro atoms. The van der Waals surface area contributed by atoms with Gasteiger partial charge in [-0.25, -0.2) is 4.98 Å². The first-order chi connectivity index (χ1) is 10.4. The largest absolute Gasteiger partial charge is 0.308 e. The van der Waals surface area contributed by atoms with Crippen molar-refractivity contribution in [2.45, 2.75) is 44.5 Å². The minimum atomic E-state index is 0.730. The molecule has 0 aliphatic heterocycles. The van der Waals surface area contributed by atoms with Crippen molar-refractivity contribution in [2.24, 2.45) is 0 Å². The van der Waals surface area contributed by atoms with Crippen molar-refractivity contribution in [1.82, 2.24) is 10.3 Å². The third-order valence-corrected chi connectivity index (χ3v) is 5.99. The van der Waals surface area contributed by atoms with Crippen LogP contribution in [0.4, 0.5) is 0 Å². The fourth-order valence-electron chi connectivity index (χ4n) is 2.23. The molecule has 1 saturated carbocycles. The normalized spacial score (nSPS) is 14.5. The highest BCUT2D eigenvalue weighted by Crippen LogP contribution is 2.32. The third-order valence-electron chi connectivity index (χ3n) is 3.49.